The van der Waals surface area contributed by atoms with Crippen LogP contribution in [0.15, 0.2) is 65.7 Å². The molecule has 0 unspecified atom stereocenters. The molecule has 8 nitrogen and oxygen atoms in total. The molecule has 252 valence electrons. The van der Waals surface area contributed by atoms with Crippen molar-refractivity contribution in [3.05, 3.63) is 89.0 Å². The third-order valence-corrected chi connectivity index (χ3v) is 11.8. The van der Waals surface area contributed by atoms with Crippen LogP contribution >= 0.6 is 0 Å². The van der Waals surface area contributed by atoms with Crippen molar-refractivity contribution < 1.29 is 22.3 Å². The fraction of sp³-hybridized carbons (Fsp3) is 0.514. The summed E-state index contributed by atoms with van der Waals surface area (Å²) in [5.74, 6) is -0.336. The van der Waals surface area contributed by atoms with Crippen LogP contribution in [0.25, 0.3) is 0 Å². The number of amides is 1. The first kappa shape index (κ1) is 33.4. The van der Waals surface area contributed by atoms with E-state index in [2.05, 4.69) is 41.1 Å². The second kappa shape index (κ2) is 13.5. The Morgan fingerprint density at radius 3 is 2.47 bits per heavy atom. The number of nitrogens with zero attached hydrogens (tertiary/aromatic N) is 4. The number of aromatic nitrogens is 1. The standard InChI is InChI=1S/C37H47FN4O4S/c1-37(2,3)46-36(43)42-23-28-9-6-11-33(41-20-17-26(18-21-41)25-47(44,45)31-15-13-29(38)14-16-31)32(28)22-30(42)24-40(4)34-12-5-8-27-10-7-19-39-35(27)34/h6-7,9-11,13-16,19,26,30,34H,5,8,12,17-18,20-25H2,1-4H3/t30-,34+/m1/s1. The van der Waals surface area contributed by atoms with Crippen LogP contribution in [-0.2, 0) is 34.0 Å². The number of benzene rings is 2. The molecule has 0 saturated carbocycles. The van der Waals surface area contributed by atoms with Gasteiger partial charge in [-0.2, -0.15) is 0 Å². The van der Waals surface area contributed by atoms with Gasteiger partial charge in [-0.05, 0) is 125 Å². The van der Waals surface area contributed by atoms with E-state index in [1.165, 1.54) is 41.1 Å². The van der Waals surface area contributed by atoms with Gasteiger partial charge in [0.2, 0.25) is 0 Å². The van der Waals surface area contributed by atoms with Gasteiger partial charge in [0.1, 0.15) is 11.4 Å². The lowest BCUT2D eigenvalue weighted by Crippen LogP contribution is -2.51. The van der Waals surface area contributed by atoms with Crippen LogP contribution in [0.2, 0.25) is 0 Å². The maximum absolute atomic E-state index is 13.6. The number of carbonyl (C=O) groups excluding carboxylic acids is 1. The Morgan fingerprint density at radius 2 is 1.74 bits per heavy atom. The molecule has 3 aliphatic rings. The minimum absolute atomic E-state index is 0.0388. The SMILES string of the molecule is CN(C[C@H]1Cc2c(cccc2N2CCC(CS(=O)(=O)c3ccc(F)cc3)CC2)CN1C(=O)OC(C)(C)C)[C@H]1CCCc2cccnc21. The second-order valence-corrected chi connectivity index (χ2v) is 16.5. The highest BCUT2D eigenvalue weighted by Crippen LogP contribution is 2.37. The van der Waals surface area contributed by atoms with Crippen molar-refractivity contribution in [1.29, 1.82) is 0 Å². The van der Waals surface area contributed by atoms with E-state index in [-0.39, 0.29) is 34.7 Å². The number of hydrogen-bond acceptors (Lipinski definition) is 7. The van der Waals surface area contributed by atoms with Gasteiger partial charge in [0.05, 0.1) is 28.4 Å². The molecule has 1 fully saturated rings. The first-order valence-electron chi connectivity index (χ1n) is 16.9. The molecule has 2 aliphatic heterocycles. The average Bonchev–Trinajstić information content (AvgIpc) is 3.03. The summed E-state index contributed by atoms with van der Waals surface area (Å²) in [4.78, 5) is 25.2. The van der Waals surface area contributed by atoms with Crippen LogP contribution in [0.1, 0.15) is 74.9 Å². The molecule has 1 aliphatic carbocycles. The first-order chi connectivity index (χ1) is 22.4. The number of ether oxygens (including phenoxy) is 1. The summed E-state index contributed by atoms with van der Waals surface area (Å²) in [7, 11) is -1.34. The summed E-state index contributed by atoms with van der Waals surface area (Å²) in [5, 5.41) is 0. The zero-order valence-corrected chi connectivity index (χ0v) is 28.8. The normalized spacial score (nSPS) is 20.6. The Labute approximate surface area is 278 Å². The topological polar surface area (TPSA) is 83.1 Å². The number of halogens is 1. The number of rotatable bonds is 7. The molecule has 2 atom stereocenters. The van der Waals surface area contributed by atoms with Gasteiger partial charge in [-0.3, -0.25) is 14.8 Å². The van der Waals surface area contributed by atoms with Gasteiger partial charge in [0.25, 0.3) is 0 Å². The number of sulfone groups is 1. The molecular formula is C37H47FN4O4S. The van der Waals surface area contributed by atoms with E-state index < -0.39 is 21.3 Å². The van der Waals surface area contributed by atoms with Crippen LogP contribution in [0, 0.1) is 11.7 Å². The lowest BCUT2D eigenvalue weighted by atomic mass is 9.88. The summed E-state index contributed by atoms with van der Waals surface area (Å²) < 4.78 is 45.4. The third kappa shape index (κ3) is 7.64. The summed E-state index contributed by atoms with van der Waals surface area (Å²) in [5.41, 5.74) is 5.40. The number of pyridine rings is 1. The zero-order chi connectivity index (χ0) is 33.3. The van der Waals surface area contributed by atoms with Gasteiger partial charge in [-0.25, -0.2) is 17.6 Å². The third-order valence-electron chi connectivity index (χ3n) is 9.88. The molecule has 1 saturated heterocycles. The number of carbonyl (C=O) groups is 1. The summed E-state index contributed by atoms with van der Waals surface area (Å²) in [6, 6.07) is 15.8. The second-order valence-electron chi connectivity index (χ2n) is 14.4. The van der Waals surface area contributed by atoms with E-state index in [1.54, 1.807) is 0 Å². The Hall–Kier alpha value is -3.50. The summed E-state index contributed by atoms with van der Waals surface area (Å²) in [6.45, 7) is 8.39. The van der Waals surface area contributed by atoms with Crippen molar-refractivity contribution in [2.24, 2.45) is 5.92 Å². The van der Waals surface area contributed by atoms with Gasteiger partial charge in [0, 0.05) is 38.1 Å². The molecular weight excluding hydrogens is 615 g/mol. The Morgan fingerprint density at radius 1 is 1.02 bits per heavy atom. The minimum Gasteiger partial charge on any atom is -0.444 e. The quantitative estimate of drug-likeness (QED) is 0.264. The van der Waals surface area contributed by atoms with Crippen molar-refractivity contribution >= 4 is 21.6 Å². The highest BCUT2D eigenvalue weighted by Gasteiger charge is 2.37. The van der Waals surface area contributed by atoms with Crippen LogP contribution in [0.4, 0.5) is 14.9 Å². The van der Waals surface area contributed by atoms with Crippen molar-refractivity contribution in [3.63, 3.8) is 0 Å². The Bertz CT molecular complexity index is 1680. The van der Waals surface area contributed by atoms with Crippen molar-refractivity contribution in [1.82, 2.24) is 14.8 Å². The number of fused-ring (bicyclic) bond motifs is 2. The fourth-order valence-corrected chi connectivity index (χ4v) is 9.22. The molecule has 0 N–H and O–H groups in total. The molecule has 1 aromatic heterocycles. The molecule has 0 bridgehead atoms. The van der Waals surface area contributed by atoms with Gasteiger partial charge < -0.3 is 9.64 Å². The Balaban J connectivity index is 1.20. The molecule has 1 amide bonds. The average molecular weight is 663 g/mol. The van der Waals surface area contributed by atoms with Crippen LogP contribution < -0.4 is 4.90 Å². The van der Waals surface area contributed by atoms with Crippen LogP contribution in [-0.4, -0.2) is 73.4 Å². The zero-order valence-electron chi connectivity index (χ0n) is 28.0. The highest BCUT2D eigenvalue weighted by molar-refractivity contribution is 7.91. The van der Waals surface area contributed by atoms with Crippen LogP contribution in [0.3, 0.4) is 0 Å². The first-order valence-corrected chi connectivity index (χ1v) is 18.5. The number of anilines is 1. The number of piperidine rings is 1. The van der Waals surface area contributed by atoms with Crippen molar-refractivity contribution in [2.75, 3.05) is 37.3 Å². The number of likely N-dealkylation sites (N-methyl/N-ethyl adjacent to an activating group) is 1. The van der Waals surface area contributed by atoms with E-state index in [4.69, 9.17) is 9.72 Å². The Kier molecular flexibility index (Phi) is 9.63. The van der Waals surface area contributed by atoms with E-state index in [9.17, 15) is 17.6 Å². The lowest BCUT2D eigenvalue weighted by molar-refractivity contribution is 0.00645. The van der Waals surface area contributed by atoms with E-state index >= 15 is 0 Å². The molecule has 3 aromatic rings. The summed E-state index contributed by atoms with van der Waals surface area (Å²) >= 11 is 0. The highest BCUT2D eigenvalue weighted by atomic mass is 32.2. The monoisotopic (exact) mass is 662 g/mol. The maximum Gasteiger partial charge on any atom is 0.410 e. The molecule has 6 rings (SSSR count). The molecule has 3 heterocycles. The number of hydrogen-bond donors (Lipinski definition) is 0. The van der Waals surface area contributed by atoms with Crippen LogP contribution in [0.5, 0.6) is 0 Å². The lowest BCUT2D eigenvalue weighted by Gasteiger charge is -2.43. The predicted molar refractivity (Wildman–Crippen MR) is 182 cm³/mol. The number of aryl methyl sites for hydroxylation is 1. The fourth-order valence-electron chi connectivity index (χ4n) is 7.52. The van der Waals surface area contributed by atoms with Crippen molar-refractivity contribution in [2.45, 2.75) is 88.4 Å². The molecule has 10 heteroatoms. The predicted octanol–water partition coefficient (Wildman–Crippen LogP) is 6.58. The van der Waals surface area contributed by atoms with E-state index in [0.29, 0.717) is 19.5 Å². The van der Waals surface area contributed by atoms with Crippen molar-refractivity contribution in [3.8, 4) is 0 Å². The van der Waals surface area contributed by atoms with Gasteiger partial charge in [-0.15, -0.1) is 0 Å². The molecule has 0 spiro atoms. The smallest absolute Gasteiger partial charge is 0.410 e. The minimum atomic E-state index is -3.49. The van der Waals surface area contributed by atoms with Gasteiger partial charge in [-0.1, -0.05) is 18.2 Å². The summed E-state index contributed by atoms with van der Waals surface area (Å²) in [6.07, 6.45) is 7.00. The van der Waals surface area contributed by atoms with Gasteiger partial charge >= 0.3 is 6.09 Å². The van der Waals surface area contributed by atoms with E-state index in [1.807, 2.05) is 37.9 Å². The molecule has 2 aromatic carbocycles. The molecule has 47 heavy (non-hydrogen) atoms. The molecule has 0 radical (unpaired) electrons. The largest absolute Gasteiger partial charge is 0.444 e. The van der Waals surface area contributed by atoms with Gasteiger partial charge in [0.15, 0.2) is 9.84 Å². The maximum atomic E-state index is 13.6. The van der Waals surface area contributed by atoms with E-state index in [0.717, 1.165) is 56.5 Å².